The zero-order chi connectivity index (χ0) is 21.1. The molecule has 154 valence electrons. The van der Waals surface area contributed by atoms with Crippen molar-refractivity contribution in [2.45, 2.75) is 25.7 Å². The smallest absolute Gasteiger partial charge is 0.253 e. The summed E-state index contributed by atoms with van der Waals surface area (Å²) < 4.78 is 11.1. The second-order valence-corrected chi connectivity index (χ2v) is 7.29. The molecule has 1 fully saturated rings. The quantitative estimate of drug-likeness (QED) is 0.696. The Morgan fingerprint density at radius 1 is 1.07 bits per heavy atom. The number of aryl methyl sites for hydroxylation is 1. The first-order valence-electron chi connectivity index (χ1n) is 9.77. The van der Waals surface area contributed by atoms with Crippen LogP contribution in [0, 0.1) is 6.92 Å². The third-order valence-electron chi connectivity index (χ3n) is 5.08. The van der Waals surface area contributed by atoms with E-state index in [1.807, 2.05) is 4.90 Å². The first-order valence-corrected chi connectivity index (χ1v) is 9.77. The normalized spacial score (nSPS) is 16.3. The fraction of sp³-hybridized carbons (Fsp3) is 0.273. The van der Waals surface area contributed by atoms with Crippen LogP contribution < -0.4 is 10.5 Å². The Bertz CT molecular complexity index is 1040. The summed E-state index contributed by atoms with van der Waals surface area (Å²) in [7, 11) is 0. The van der Waals surface area contributed by atoms with Crippen LogP contribution in [0.25, 0.3) is 0 Å². The third kappa shape index (κ3) is 4.32. The van der Waals surface area contributed by atoms with Crippen LogP contribution in [0.2, 0.25) is 0 Å². The number of primary amides is 1. The van der Waals surface area contributed by atoms with E-state index in [9.17, 15) is 9.59 Å². The van der Waals surface area contributed by atoms with Crippen LogP contribution in [0.1, 0.15) is 51.2 Å². The van der Waals surface area contributed by atoms with Crippen LogP contribution in [-0.2, 0) is 0 Å². The van der Waals surface area contributed by atoms with E-state index in [4.69, 9.17) is 15.0 Å². The van der Waals surface area contributed by atoms with Crippen molar-refractivity contribution in [2.24, 2.45) is 5.73 Å². The molecule has 0 bridgehead atoms. The molecule has 8 heteroatoms. The number of carbonyl (C=O) groups excluding carboxylic acids is 2. The third-order valence-corrected chi connectivity index (χ3v) is 5.08. The van der Waals surface area contributed by atoms with Gasteiger partial charge in [0.2, 0.25) is 11.8 Å². The largest absolute Gasteiger partial charge is 0.457 e. The number of hydrogen-bond acceptors (Lipinski definition) is 6. The Labute approximate surface area is 173 Å². The summed E-state index contributed by atoms with van der Waals surface area (Å²) in [5.41, 5.74) is 6.25. The van der Waals surface area contributed by atoms with Crippen molar-refractivity contribution in [3.63, 3.8) is 0 Å². The van der Waals surface area contributed by atoms with Gasteiger partial charge in [0.25, 0.3) is 5.91 Å². The molecule has 0 spiro atoms. The summed E-state index contributed by atoms with van der Waals surface area (Å²) in [5.74, 6) is 1.91. The molecule has 1 aromatic heterocycles. The molecular formula is C22H22N4O4. The van der Waals surface area contributed by atoms with E-state index in [1.54, 1.807) is 55.5 Å². The Kier molecular flexibility index (Phi) is 5.47. The molecule has 1 atom stereocenters. The molecule has 1 aliphatic rings. The highest BCUT2D eigenvalue weighted by molar-refractivity contribution is 5.94. The lowest BCUT2D eigenvalue weighted by molar-refractivity contribution is 0.0695. The lowest BCUT2D eigenvalue weighted by Crippen LogP contribution is -2.39. The molecule has 2 heterocycles. The first kappa shape index (κ1) is 19.6. The number of aromatic nitrogens is 2. The van der Waals surface area contributed by atoms with Crippen molar-refractivity contribution >= 4 is 11.8 Å². The van der Waals surface area contributed by atoms with Gasteiger partial charge in [-0.2, -0.15) is 4.98 Å². The summed E-state index contributed by atoms with van der Waals surface area (Å²) in [6.45, 7) is 3.05. The zero-order valence-corrected chi connectivity index (χ0v) is 16.6. The average molecular weight is 406 g/mol. The molecule has 0 radical (unpaired) electrons. The van der Waals surface area contributed by atoms with Gasteiger partial charge in [-0.3, -0.25) is 9.59 Å². The molecule has 8 nitrogen and oxygen atoms in total. The SMILES string of the molecule is Cc1noc(C2CCCN(C(=O)c3ccc(Oc4ccc(C(N)=O)cc4)cc3)C2)n1. The molecule has 1 unspecified atom stereocenters. The second-order valence-electron chi connectivity index (χ2n) is 7.29. The van der Waals surface area contributed by atoms with Crippen molar-refractivity contribution in [2.75, 3.05) is 13.1 Å². The molecule has 0 saturated carbocycles. The highest BCUT2D eigenvalue weighted by Crippen LogP contribution is 2.27. The summed E-state index contributed by atoms with van der Waals surface area (Å²) in [6.07, 6.45) is 1.81. The van der Waals surface area contributed by atoms with Crippen LogP contribution in [0.5, 0.6) is 11.5 Å². The van der Waals surface area contributed by atoms with Crippen molar-refractivity contribution in [1.82, 2.24) is 15.0 Å². The van der Waals surface area contributed by atoms with Gasteiger partial charge in [0, 0.05) is 24.2 Å². The van der Waals surface area contributed by atoms with Crippen molar-refractivity contribution in [1.29, 1.82) is 0 Å². The van der Waals surface area contributed by atoms with E-state index in [0.29, 0.717) is 47.4 Å². The molecule has 2 amide bonds. The second kappa shape index (κ2) is 8.36. The minimum atomic E-state index is -0.487. The number of ether oxygens (including phenoxy) is 1. The highest BCUT2D eigenvalue weighted by Gasteiger charge is 2.28. The average Bonchev–Trinajstić information content (AvgIpc) is 3.21. The number of carbonyl (C=O) groups is 2. The number of benzene rings is 2. The molecule has 3 aromatic rings. The Morgan fingerprint density at radius 3 is 2.27 bits per heavy atom. The fourth-order valence-corrected chi connectivity index (χ4v) is 3.51. The monoisotopic (exact) mass is 406 g/mol. The standard InChI is InChI=1S/C22H22N4O4/c1-14-24-21(30-25-14)17-3-2-12-26(13-17)22(28)16-6-10-19(11-7-16)29-18-8-4-15(5-9-18)20(23)27/h4-11,17H,2-3,12-13H2,1H3,(H2,23,27). The van der Waals surface area contributed by atoms with Gasteiger partial charge in [0.05, 0.1) is 5.92 Å². The maximum atomic E-state index is 12.9. The van der Waals surface area contributed by atoms with Crippen molar-refractivity contribution in [3.8, 4) is 11.5 Å². The van der Waals surface area contributed by atoms with Crippen LogP contribution in [0.4, 0.5) is 0 Å². The predicted octanol–water partition coefficient (Wildman–Crippen LogP) is 3.29. The summed E-state index contributed by atoms with van der Waals surface area (Å²) in [5, 5.41) is 3.85. The molecule has 2 aromatic carbocycles. The van der Waals surface area contributed by atoms with E-state index in [0.717, 1.165) is 12.8 Å². The van der Waals surface area contributed by atoms with Crippen LogP contribution >= 0.6 is 0 Å². The van der Waals surface area contributed by atoms with Gasteiger partial charge in [-0.15, -0.1) is 0 Å². The first-order chi connectivity index (χ1) is 14.5. The summed E-state index contributed by atoms with van der Waals surface area (Å²) >= 11 is 0. The van der Waals surface area contributed by atoms with E-state index in [1.165, 1.54) is 0 Å². The highest BCUT2D eigenvalue weighted by atomic mass is 16.5. The fourth-order valence-electron chi connectivity index (χ4n) is 3.51. The molecule has 0 aliphatic carbocycles. The number of nitrogens with zero attached hydrogens (tertiary/aromatic N) is 3. The van der Waals surface area contributed by atoms with E-state index in [-0.39, 0.29) is 11.8 Å². The Morgan fingerprint density at radius 2 is 1.70 bits per heavy atom. The molecule has 4 rings (SSSR count). The molecule has 30 heavy (non-hydrogen) atoms. The number of hydrogen-bond donors (Lipinski definition) is 1. The molecular weight excluding hydrogens is 384 g/mol. The summed E-state index contributed by atoms with van der Waals surface area (Å²) in [6, 6.07) is 13.5. The van der Waals surface area contributed by atoms with E-state index < -0.39 is 5.91 Å². The minimum Gasteiger partial charge on any atom is -0.457 e. The lowest BCUT2D eigenvalue weighted by Gasteiger charge is -2.31. The topological polar surface area (TPSA) is 112 Å². The number of piperidine rings is 1. The number of rotatable bonds is 5. The number of likely N-dealkylation sites (tertiary alicyclic amines) is 1. The minimum absolute atomic E-state index is 0.0340. The maximum absolute atomic E-state index is 12.9. The molecule has 1 aliphatic heterocycles. The van der Waals surface area contributed by atoms with Crippen molar-refractivity contribution in [3.05, 3.63) is 71.4 Å². The number of nitrogens with two attached hydrogens (primary N) is 1. The van der Waals surface area contributed by atoms with Crippen LogP contribution in [-0.4, -0.2) is 39.9 Å². The van der Waals surface area contributed by atoms with Gasteiger partial charge in [-0.25, -0.2) is 0 Å². The maximum Gasteiger partial charge on any atom is 0.253 e. The number of amides is 2. The van der Waals surface area contributed by atoms with E-state index >= 15 is 0 Å². The predicted molar refractivity (Wildman–Crippen MR) is 108 cm³/mol. The zero-order valence-electron chi connectivity index (χ0n) is 16.6. The Hall–Kier alpha value is -3.68. The van der Waals surface area contributed by atoms with Gasteiger partial charge in [-0.1, -0.05) is 5.16 Å². The van der Waals surface area contributed by atoms with Gasteiger partial charge in [-0.05, 0) is 68.3 Å². The van der Waals surface area contributed by atoms with Gasteiger partial charge in [0.15, 0.2) is 5.82 Å². The van der Waals surface area contributed by atoms with Gasteiger partial charge >= 0.3 is 0 Å². The van der Waals surface area contributed by atoms with Crippen LogP contribution in [0.3, 0.4) is 0 Å². The lowest BCUT2D eigenvalue weighted by atomic mass is 9.97. The summed E-state index contributed by atoms with van der Waals surface area (Å²) in [4.78, 5) is 30.2. The van der Waals surface area contributed by atoms with Crippen molar-refractivity contribution < 1.29 is 18.8 Å². The molecule has 1 saturated heterocycles. The van der Waals surface area contributed by atoms with Crippen LogP contribution in [0.15, 0.2) is 53.1 Å². The molecule has 2 N–H and O–H groups in total. The van der Waals surface area contributed by atoms with Gasteiger partial charge in [0.1, 0.15) is 11.5 Å². The Balaban J connectivity index is 1.40. The van der Waals surface area contributed by atoms with Gasteiger partial charge < -0.3 is 19.9 Å². The van der Waals surface area contributed by atoms with E-state index in [2.05, 4.69) is 10.1 Å².